The second-order valence-electron chi connectivity index (χ2n) is 4.82. The van der Waals surface area contributed by atoms with Gasteiger partial charge in [-0.05, 0) is 24.0 Å². The fraction of sp³-hybridized carbons (Fsp3) is 0.250. The van der Waals surface area contributed by atoms with E-state index in [2.05, 4.69) is 11.1 Å². The van der Waals surface area contributed by atoms with Crippen LogP contribution in [0, 0.1) is 11.3 Å². The zero-order valence-corrected chi connectivity index (χ0v) is 12.5. The minimum Gasteiger partial charge on any atom is -0.383 e. The number of ether oxygens (including phenoxy) is 1. The Bertz CT molecular complexity index is 720. The molecule has 21 heavy (non-hydrogen) atoms. The van der Waals surface area contributed by atoms with Gasteiger partial charge >= 0.3 is 0 Å². The molecule has 0 amide bonds. The predicted molar refractivity (Wildman–Crippen MR) is 83.9 cm³/mol. The Morgan fingerprint density at radius 1 is 1.33 bits per heavy atom. The van der Waals surface area contributed by atoms with Gasteiger partial charge < -0.3 is 10.5 Å². The number of nitrogens with zero attached hydrogens (tertiary/aromatic N) is 2. The Labute approximate surface area is 127 Å². The second kappa shape index (κ2) is 5.76. The molecule has 0 atom stereocenters. The molecular weight excluding hydrogens is 282 g/mol. The largest absolute Gasteiger partial charge is 0.383 e. The first-order chi connectivity index (χ1) is 10.2. The number of hydrogen-bond donors (Lipinski definition) is 1. The summed E-state index contributed by atoms with van der Waals surface area (Å²) in [6, 6.07) is 10.3. The van der Waals surface area contributed by atoms with Crippen molar-refractivity contribution >= 4 is 17.6 Å². The van der Waals surface area contributed by atoms with Gasteiger partial charge in [0.2, 0.25) is 0 Å². The zero-order valence-electron chi connectivity index (χ0n) is 11.7. The molecular formula is C16H15N3OS. The summed E-state index contributed by atoms with van der Waals surface area (Å²) in [7, 11) is 0. The van der Waals surface area contributed by atoms with Crippen molar-refractivity contribution in [1.29, 1.82) is 5.26 Å². The third kappa shape index (κ3) is 2.48. The highest BCUT2D eigenvalue weighted by Gasteiger charge is 2.22. The minimum atomic E-state index is 0.307. The van der Waals surface area contributed by atoms with Gasteiger partial charge in [-0.15, -0.1) is 11.8 Å². The maximum absolute atomic E-state index is 9.45. The van der Waals surface area contributed by atoms with Crippen LogP contribution in [-0.4, -0.2) is 17.8 Å². The summed E-state index contributed by atoms with van der Waals surface area (Å²) in [6.07, 6.45) is 2.77. The van der Waals surface area contributed by atoms with Gasteiger partial charge in [0.05, 0.1) is 18.9 Å². The van der Waals surface area contributed by atoms with Crippen LogP contribution in [0.2, 0.25) is 0 Å². The fourth-order valence-electron chi connectivity index (χ4n) is 2.59. The van der Waals surface area contributed by atoms with Crippen LogP contribution >= 0.6 is 11.8 Å². The van der Waals surface area contributed by atoms with E-state index in [-0.39, 0.29) is 0 Å². The third-order valence-corrected chi connectivity index (χ3v) is 4.38. The highest BCUT2D eigenvalue weighted by atomic mass is 32.2. The average Bonchev–Trinajstić information content (AvgIpc) is 2.53. The van der Waals surface area contributed by atoms with E-state index in [0.29, 0.717) is 24.6 Å². The van der Waals surface area contributed by atoms with Crippen molar-refractivity contribution in [3.8, 4) is 17.2 Å². The summed E-state index contributed by atoms with van der Waals surface area (Å²) in [5.41, 5.74) is 10.2. The summed E-state index contributed by atoms with van der Waals surface area (Å²) >= 11 is 1.69. The lowest BCUT2D eigenvalue weighted by molar-refractivity contribution is 0.109. The van der Waals surface area contributed by atoms with Crippen molar-refractivity contribution in [2.45, 2.75) is 17.9 Å². The molecule has 0 radical (unpaired) electrons. The van der Waals surface area contributed by atoms with Crippen LogP contribution in [0.15, 0.2) is 29.2 Å². The Morgan fingerprint density at radius 3 is 2.76 bits per heavy atom. The molecule has 0 bridgehead atoms. The summed E-state index contributed by atoms with van der Waals surface area (Å²) < 4.78 is 5.55. The van der Waals surface area contributed by atoms with E-state index in [1.165, 1.54) is 4.90 Å². The molecule has 0 fully saturated rings. The molecule has 0 saturated heterocycles. The lowest BCUT2D eigenvalue weighted by Gasteiger charge is -2.21. The van der Waals surface area contributed by atoms with Gasteiger partial charge in [-0.25, -0.2) is 4.98 Å². The van der Waals surface area contributed by atoms with Crippen LogP contribution in [0.25, 0.3) is 11.1 Å². The first-order valence-corrected chi connectivity index (χ1v) is 7.90. The molecule has 0 saturated carbocycles. The maximum Gasteiger partial charge on any atom is 0.142 e. The molecule has 5 heteroatoms. The predicted octanol–water partition coefficient (Wildman–Crippen LogP) is 3.00. The third-order valence-electron chi connectivity index (χ3n) is 3.63. The number of hydrogen-bond acceptors (Lipinski definition) is 5. The van der Waals surface area contributed by atoms with Crippen LogP contribution < -0.4 is 5.73 Å². The first-order valence-electron chi connectivity index (χ1n) is 6.68. The number of nitriles is 1. The molecule has 0 spiro atoms. The van der Waals surface area contributed by atoms with Crippen LogP contribution in [0.4, 0.5) is 5.82 Å². The molecule has 2 heterocycles. The van der Waals surface area contributed by atoms with Gasteiger partial charge in [-0.2, -0.15) is 5.26 Å². The number of thioether (sulfide) groups is 1. The van der Waals surface area contributed by atoms with Gasteiger partial charge in [0, 0.05) is 22.4 Å². The second-order valence-corrected chi connectivity index (χ2v) is 5.69. The standard InChI is InChI=1S/C16H15N3OS/c1-21-11-4-2-10(3-5-11)15-12(8-17)16(18)19-14-6-7-20-9-13(14)15/h2-5H,6-7,9H2,1H3,(H2,18,19). The van der Waals surface area contributed by atoms with Crippen LogP contribution in [-0.2, 0) is 17.8 Å². The van der Waals surface area contributed by atoms with E-state index < -0.39 is 0 Å². The topological polar surface area (TPSA) is 71.9 Å². The number of rotatable bonds is 2. The quantitative estimate of drug-likeness (QED) is 0.863. The number of fused-ring (bicyclic) bond motifs is 1. The summed E-state index contributed by atoms with van der Waals surface area (Å²) in [5.74, 6) is 0.307. The van der Waals surface area contributed by atoms with Gasteiger partial charge in [-0.3, -0.25) is 0 Å². The van der Waals surface area contributed by atoms with Crippen molar-refractivity contribution in [2.24, 2.45) is 0 Å². The van der Waals surface area contributed by atoms with Gasteiger partial charge in [-0.1, -0.05) is 12.1 Å². The normalized spacial score (nSPS) is 13.5. The van der Waals surface area contributed by atoms with Gasteiger partial charge in [0.1, 0.15) is 17.5 Å². The molecule has 0 aliphatic carbocycles. The molecule has 1 aliphatic heterocycles. The van der Waals surface area contributed by atoms with E-state index in [0.717, 1.165) is 28.8 Å². The summed E-state index contributed by atoms with van der Waals surface area (Å²) in [4.78, 5) is 5.56. The van der Waals surface area contributed by atoms with E-state index in [9.17, 15) is 5.26 Å². The molecule has 0 unspecified atom stereocenters. The van der Waals surface area contributed by atoms with E-state index in [1.54, 1.807) is 11.8 Å². The lowest BCUT2D eigenvalue weighted by atomic mass is 9.93. The summed E-state index contributed by atoms with van der Waals surface area (Å²) in [5, 5.41) is 9.45. The number of nitrogen functional groups attached to an aromatic ring is 1. The van der Waals surface area contributed by atoms with Crippen LogP contribution in [0.1, 0.15) is 16.8 Å². The SMILES string of the molecule is CSc1ccc(-c2c(C#N)c(N)nc3c2COCC3)cc1. The molecule has 3 rings (SSSR count). The molecule has 4 nitrogen and oxygen atoms in total. The Balaban J connectivity index is 2.23. The Hall–Kier alpha value is -2.03. The van der Waals surface area contributed by atoms with Crippen LogP contribution in [0.5, 0.6) is 0 Å². The van der Waals surface area contributed by atoms with Crippen molar-refractivity contribution in [3.05, 3.63) is 41.1 Å². The number of anilines is 1. The Kier molecular flexibility index (Phi) is 3.82. The van der Waals surface area contributed by atoms with Crippen LogP contribution in [0.3, 0.4) is 0 Å². The Morgan fingerprint density at radius 2 is 2.10 bits per heavy atom. The molecule has 1 aliphatic rings. The van der Waals surface area contributed by atoms with Crippen molar-refractivity contribution in [3.63, 3.8) is 0 Å². The molecule has 106 valence electrons. The van der Waals surface area contributed by atoms with E-state index in [1.807, 2.05) is 30.5 Å². The number of aromatic nitrogens is 1. The minimum absolute atomic E-state index is 0.307. The number of benzene rings is 1. The first kappa shape index (κ1) is 13.9. The molecule has 1 aromatic carbocycles. The highest BCUT2D eigenvalue weighted by molar-refractivity contribution is 7.98. The lowest BCUT2D eigenvalue weighted by Crippen LogP contribution is -2.16. The zero-order chi connectivity index (χ0) is 14.8. The van der Waals surface area contributed by atoms with Crippen molar-refractivity contribution in [2.75, 3.05) is 18.6 Å². The molecule has 2 aromatic rings. The monoisotopic (exact) mass is 297 g/mol. The fourth-order valence-corrected chi connectivity index (χ4v) is 3.00. The number of pyridine rings is 1. The number of nitrogens with two attached hydrogens (primary N) is 1. The molecule has 1 aromatic heterocycles. The smallest absolute Gasteiger partial charge is 0.142 e. The van der Waals surface area contributed by atoms with Crippen molar-refractivity contribution < 1.29 is 4.74 Å². The van der Waals surface area contributed by atoms with Crippen molar-refractivity contribution in [1.82, 2.24) is 4.98 Å². The van der Waals surface area contributed by atoms with Gasteiger partial charge in [0.15, 0.2) is 0 Å². The average molecular weight is 297 g/mol. The summed E-state index contributed by atoms with van der Waals surface area (Å²) in [6.45, 7) is 1.13. The van der Waals surface area contributed by atoms with E-state index in [4.69, 9.17) is 10.5 Å². The molecule has 2 N–H and O–H groups in total. The maximum atomic E-state index is 9.45. The highest BCUT2D eigenvalue weighted by Crippen LogP contribution is 2.35. The van der Waals surface area contributed by atoms with E-state index >= 15 is 0 Å². The van der Waals surface area contributed by atoms with Gasteiger partial charge in [0.25, 0.3) is 0 Å².